The molecule has 4 nitrogen and oxygen atoms in total. The predicted molar refractivity (Wildman–Crippen MR) is 79.1 cm³/mol. The molecule has 1 saturated heterocycles. The quantitative estimate of drug-likeness (QED) is 0.803. The summed E-state index contributed by atoms with van der Waals surface area (Å²) in [5.74, 6) is 0.426. The second-order valence-corrected chi connectivity index (χ2v) is 5.92. The Labute approximate surface area is 125 Å². The number of hydrogen-bond donors (Lipinski definition) is 0. The molecule has 1 heterocycles. The van der Waals surface area contributed by atoms with Gasteiger partial charge in [0.05, 0.1) is 13.0 Å². The Hall–Kier alpha value is -1.84. The van der Waals surface area contributed by atoms with Gasteiger partial charge in [-0.1, -0.05) is 31.4 Å². The summed E-state index contributed by atoms with van der Waals surface area (Å²) in [6, 6.07) is 7.59. The Bertz CT molecular complexity index is 531. The van der Waals surface area contributed by atoms with Gasteiger partial charge in [0.2, 0.25) is 11.8 Å². The standard InChI is InChI=1S/C17H21NO3/c1-21-14-9-7-12(8-10-14)15-11-16(19)18(17(15)20)13-5-3-2-4-6-13/h7-10,13,15H,2-6,11H2,1H3/t15-/m1/s1. The zero-order valence-corrected chi connectivity index (χ0v) is 12.4. The van der Waals surface area contributed by atoms with E-state index in [-0.39, 0.29) is 23.8 Å². The van der Waals surface area contributed by atoms with Crippen molar-refractivity contribution in [2.45, 2.75) is 50.5 Å². The third-order valence-corrected chi connectivity index (χ3v) is 4.64. The van der Waals surface area contributed by atoms with Crippen molar-refractivity contribution in [1.82, 2.24) is 4.90 Å². The first kappa shape index (κ1) is 14.1. The van der Waals surface area contributed by atoms with Crippen molar-refractivity contribution in [3.05, 3.63) is 29.8 Å². The van der Waals surface area contributed by atoms with Crippen LogP contribution in [0.3, 0.4) is 0 Å². The molecule has 0 unspecified atom stereocenters. The molecule has 0 bridgehead atoms. The van der Waals surface area contributed by atoms with E-state index in [9.17, 15) is 9.59 Å². The van der Waals surface area contributed by atoms with E-state index < -0.39 is 0 Å². The van der Waals surface area contributed by atoms with Crippen molar-refractivity contribution in [3.8, 4) is 5.75 Å². The number of imide groups is 1. The minimum atomic E-state index is -0.315. The van der Waals surface area contributed by atoms with Crippen molar-refractivity contribution in [1.29, 1.82) is 0 Å². The molecule has 2 aliphatic rings. The van der Waals surface area contributed by atoms with Gasteiger partial charge in [-0.25, -0.2) is 0 Å². The van der Waals surface area contributed by atoms with E-state index in [1.807, 2.05) is 24.3 Å². The Balaban J connectivity index is 1.78. The summed E-state index contributed by atoms with van der Waals surface area (Å²) in [5.41, 5.74) is 0.910. The molecule has 1 aromatic carbocycles. The highest BCUT2D eigenvalue weighted by atomic mass is 16.5. The van der Waals surface area contributed by atoms with Crippen LogP contribution in [0.25, 0.3) is 0 Å². The maximum Gasteiger partial charge on any atom is 0.237 e. The summed E-state index contributed by atoms with van der Waals surface area (Å²) in [6.45, 7) is 0. The van der Waals surface area contributed by atoms with E-state index in [0.29, 0.717) is 6.42 Å². The van der Waals surface area contributed by atoms with Crippen LogP contribution in [0.5, 0.6) is 5.75 Å². The van der Waals surface area contributed by atoms with E-state index >= 15 is 0 Å². The fraction of sp³-hybridized carbons (Fsp3) is 0.529. The van der Waals surface area contributed by atoms with Gasteiger partial charge in [0.1, 0.15) is 5.75 Å². The van der Waals surface area contributed by atoms with Crippen LogP contribution < -0.4 is 4.74 Å². The molecule has 3 rings (SSSR count). The lowest BCUT2D eigenvalue weighted by Gasteiger charge is -2.29. The van der Waals surface area contributed by atoms with E-state index in [1.165, 1.54) is 6.42 Å². The number of likely N-dealkylation sites (tertiary alicyclic amines) is 1. The van der Waals surface area contributed by atoms with E-state index in [1.54, 1.807) is 12.0 Å². The van der Waals surface area contributed by atoms with Crippen molar-refractivity contribution in [2.75, 3.05) is 7.11 Å². The summed E-state index contributed by atoms with van der Waals surface area (Å²) in [5, 5.41) is 0. The number of nitrogens with zero attached hydrogens (tertiary/aromatic N) is 1. The zero-order valence-electron chi connectivity index (χ0n) is 12.4. The van der Waals surface area contributed by atoms with Crippen LogP contribution in [-0.4, -0.2) is 29.9 Å². The van der Waals surface area contributed by atoms with Gasteiger partial charge in [0, 0.05) is 12.5 Å². The van der Waals surface area contributed by atoms with Gasteiger partial charge in [0.25, 0.3) is 0 Å². The van der Waals surface area contributed by atoms with Crippen LogP contribution in [0, 0.1) is 0 Å². The highest BCUT2D eigenvalue weighted by molar-refractivity contribution is 6.06. The minimum absolute atomic E-state index is 0.00674. The Morgan fingerprint density at radius 2 is 1.71 bits per heavy atom. The molecule has 2 fully saturated rings. The average molecular weight is 287 g/mol. The number of rotatable bonds is 3. The third-order valence-electron chi connectivity index (χ3n) is 4.64. The number of hydrogen-bond acceptors (Lipinski definition) is 3. The van der Waals surface area contributed by atoms with Crippen LogP contribution in [0.4, 0.5) is 0 Å². The van der Waals surface area contributed by atoms with Crippen LogP contribution in [0.1, 0.15) is 50.0 Å². The molecular weight excluding hydrogens is 266 g/mol. The smallest absolute Gasteiger partial charge is 0.237 e. The molecule has 1 aromatic rings. The SMILES string of the molecule is COc1ccc([C@H]2CC(=O)N(C3CCCCC3)C2=O)cc1. The van der Waals surface area contributed by atoms with Gasteiger partial charge in [-0.05, 0) is 30.5 Å². The molecule has 0 spiro atoms. The summed E-state index contributed by atoms with van der Waals surface area (Å²) < 4.78 is 5.13. The molecule has 112 valence electrons. The Morgan fingerprint density at radius 3 is 2.33 bits per heavy atom. The minimum Gasteiger partial charge on any atom is -0.497 e. The summed E-state index contributed by atoms with van der Waals surface area (Å²) in [6.07, 6.45) is 5.69. The van der Waals surface area contributed by atoms with Crippen LogP contribution >= 0.6 is 0 Å². The number of carbonyl (C=O) groups is 2. The maximum atomic E-state index is 12.6. The fourth-order valence-corrected chi connectivity index (χ4v) is 3.47. The zero-order chi connectivity index (χ0) is 14.8. The van der Waals surface area contributed by atoms with Crippen LogP contribution in [0.15, 0.2) is 24.3 Å². The number of ether oxygens (including phenoxy) is 1. The van der Waals surface area contributed by atoms with E-state index in [2.05, 4.69) is 0 Å². The molecule has 1 atom stereocenters. The first-order chi connectivity index (χ1) is 10.2. The summed E-state index contributed by atoms with van der Waals surface area (Å²) in [7, 11) is 1.62. The van der Waals surface area contributed by atoms with Gasteiger partial charge in [0.15, 0.2) is 0 Å². The number of benzene rings is 1. The first-order valence-electron chi connectivity index (χ1n) is 7.70. The lowest BCUT2D eigenvalue weighted by Crippen LogP contribution is -2.41. The molecule has 21 heavy (non-hydrogen) atoms. The lowest BCUT2D eigenvalue weighted by atomic mass is 9.94. The maximum absolute atomic E-state index is 12.6. The van der Waals surface area contributed by atoms with Crippen molar-refractivity contribution in [3.63, 3.8) is 0 Å². The lowest BCUT2D eigenvalue weighted by molar-refractivity contribution is -0.142. The molecule has 1 aliphatic carbocycles. The number of carbonyl (C=O) groups excluding carboxylic acids is 2. The molecule has 4 heteroatoms. The highest BCUT2D eigenvalue weighted by Gasteiger charge is 2.42. The highest BCUT2D eigenvalue weighted by Crippen LogP contribution is 2.35. The number of amides is 2. The number of methoxy groups -OCH3 is 1. The largest absolute Gasteiger partial charge is 0.497 e. The monoisotopic (exact) mass is 287 g/mol. The van der Waals surface area contributed by atoms with Gasteiger partial charge in [-0.2, -0.15) is 0 Å². The topological polar surface area (TPSA) is 46.6 Å². The Kier molecular flexibility index (Phi) is 3.95. The van der Waals surface area contributed by atoms with Crippen molar-refractivity contribution in [2.24, 2.45) is 0 Å². The molecule has 0 N–H and O–H groups in total. The predicted octanol–water partition coefficient (Wildman–Crippen LogP) is 2.87. The Morgan fingerprint density at radius 1 is 1.05 bits per heavy atom. The summed E-state index contributed by atoms with van der Waals surface area (Å²) in [4.78, 5) is 26.5. The van der Waals surface area contributed by atoms with Crippen LogP contribution in [-0.2, 0) is 9.59 Å². The average Bonchev–Trinajstić information content (AvgIpc) is 2.83. The molecule has 1 aliphatic heterocycles. The molecule has 0 radical (unpaired) electrons. The van der Waals surface area contributed by atoms with Gasteiger partial charge in [-0.15, -0.1) is 0 Å². The van der Waals surface area contributed by atoms with Crippen molar-refractivity contribution < 1.29 is 14.3 Å². The van der Waals surface area contributed by atoms with E-state index in [0.717, 1.165) is 37.0 Å². The molecule has 0 aromatic heterocycles. The van der Waals surface area contributed by atoms with E-state index in [4.69, 9.17) is 4.74 Å². The third kappa shape index (κ3) is 2.67. The fourth-order valence-electron chi connectivity index (χ4n) is 3.47. The molecule has 1 saturated carbocycles. The van der Waals surface area contributed by atoms with Crippen molar-refractivity contribution >= 4 is 11.8 Å². The second-order valence-electron chi connectivity index (χ2n) is 5.92. The second kappa shape index (κ2) is 5.88. The molecule has 2 amide bonds. The summed E-state index contributed by atoms with van der Waals surface area (Å²) >= 11 is 0. The molecular formula is C17H21NO3. The van der Waals surface area contributed by atoms with Gasteiger partial charge >= 0.3 is 0 Å². The van der Waals surface area contributed by atoms with Crippen LogP contribution in [0.2, 0.25) is 0 Å². The normalized spacial score (nSPS) is 23.7. The van der Waals surface area contributed by atoms with Gasteiger partial charge in [-0.3, -0.25) is 14.5 Å². The van der Waals surface area contributed by atoms with Gasteiger partial charge < -0.3 is 4.74 Å². The first-order valence-corrected chi connectivity index (χ1v) is 7.70.